The fourth-order valence-electron chi connectivity index (χ4n) is 18.9. The summed E-state index contributed by atoms with van der Waals surface area (Å²) in [6.45, 7) is 46.8. The lowest BCUT2D eigenvalue weighted by Crippen LogP contribution is -2.28. The molecule has 0 saturated heterocycles. The molecule has 4 aromatic rings. The highest BCUT2D eigenvalue weighted by molar-refractivity contribution is 5.77. The van der Waals surface area contributed by atoms with Gasteiger partial charge in [0.15, 0.2) is 52.9 Å². The molecule has 0 unspecified atom stereocenters. The SMILES string of the molecule is CCCCCCCCCCCCC1c2cc(c(OCC(=O)OC(C)(C)C)cc2OCC(=O)OC(C)(C)C)C(CCCCCCCCCCCC)c2cc(c(OCC(=O)OC(C)(C)C)cc2OCC(=O)OC(C)(C)C)C(CCCCCCCCCCCC)c2cc(c(OCC(=O)OC(C)(C)C)cc2OCC(=O)OC(C)(C)C)C(CCCCCCCCCCCC)c2cc1c(OCC(=O)OC(C)(C)C)cc2OCC(=O)OC(C)(C)C. The molecule has 148 heavy (non-hydrogen) atoms. The molecule has 0 spiro atoms. The molecule has 840 valence electrons. The summed E-state index contributed by atoms with van der Waals surface area (Å²) in [6.07, 6.45) is 41.3. The molecule has 1 aliphatic rings. The lowest BCUT2D eigenvalue weighted by atomic mass is 9.76. The number of carbonyl (C=O) groups is 8. The second-order valence-electron chi connectivity index (χ2n) is 48.8. The first-order valence-corrected chi connectivity index (χ1v) is 57.1. The van der Waals surface area contributed by atoms with Crippen LogP contribution in [-0.4, -0.2) is 145 Å². The fraction of sp³-hybridized carbons (Fsp3) is 0.742. The quantitative estimate of drug-likeness (QED) is 0.0225. The van der Waals surface area contributed by atoms with E-state index in [1.807, 2.05) is 24.3 Å². The van der Waals surface area contributed by atoms with Crippen LogP contribution in [0.25, 0.3) is 0 Å². The van der Waals surface area contributed by atoms with Crippen LogP contribution in [0.2, 0.25) is 0 Å². The van der Waals surface area contributed by atoms with E-state index in [0.29, 0.717) is 95.9 Å². The van der Waals surface area contributed by atoms with Crippen molar-refractivity contribution in [1.29, 1.82) is 0 Å². The van der Waals surface area contributed by atoms with Crippen molar-refractivity contribution in [3.63, 3.8) is 0 Å². The predicted octanol–water partition coefficient (Wildman–Crippen LogP) is 31.5. The van der Waals surface area contributed by atoms with Crippen LogP contribution >= 0.6 is 0 Å². The van der Waals surface area contributed by atoms with E-state index >= 15 is 0 Å². The smallest absolute Gasteiger partial charge is 0.344 e. The van der Waals surface area contributed by atoms with Crippen LogP contribution in [-0.2, 0) is 76.3 Å². The van der Waals surface area contributed by atoms with Crippen LogP contribution in [0.3, 0.4) is 0 Å². The van der Waals surface area contributed by atoms with Crippen molar-refractivity contribution in [2.75, 3.05) is 52.9 Å². The summed E-state index contributed by atoms with van der Waals surface area (Å²) in [5.41, 5.74) is -3.60. The average molecular weight is 2070 g/mol. The summed E-state index contributed by atoms with van der Waals surface area (Å²) in [7, 11) is 0. The highest BCUT2D eigenvalue weighted by Gasteiger charge is 2.39. The van der Waals surface area contributed by atoms with E-state index in [9.17, 15) is 38.4 Å². The van der Waals surface area contributed by atoms with E-state index in [1.54, 1.807) is 190 Å². The number of carbonyl (C=O) groups excluding carboxylic acids is 8. The molecule has 1 aliphatic carbocycles. The van der Waals surface area contributed by atoms with Crippen molar-refractivity contribution >= 4 is 47.8 Å². The van der Waals surface area contributed by atoms with Gasteiger partial charge in [-0.2, -0.15) is 0 Å². The van der Waals surface area contributed by atoms with Crippen molar-refractivity contribution < 1.29 is 114 Å². The molecule has 0 heterocycles. The van der Waals surface area contributed by atoms with Crippen molar-refractivity contribution in [3.05, 3.63) is 93.0 Å². The van der Waals surface area contributed by atoms with Crippen LogP contribution in [0.5, 0.6) is 46.0 Å². The topological polar surface area (TPSA) is 284 Å². The van der Waals surface area contributed by atoms with Gasteiger partial charge in [0, 0.05) is 92.4 Å². The van der Waals surface area contributed by atoms with E-state index in [-0.39, 0.29) is 46.0 Å². The Labute approximate surface area is 893 Å². The van der Waals surface area contributed by atoms with Gasteiger partial charge in [-0.15, -0.1) is 0 Å². The molecule has 0 aliphatic heterocycles. The summed E-state index contributed by atoms with van der Waals surface area (Å²) >= 11 is 0. The third-order valence-electron chi connectivity index (χ3n) is 25.1. The lowest BCUT2D eigenvalue weighted by Gasteiger charge is -2.32. The maximum absolute atomic E-state index is 14.8. The number of fused-ring (bicyclic) bond motifs is 8. The average Bonchev–Trinajstić information content (AvgIpc) is 0.742. The first-order chi connectivity index (χ1) is 69.6. The Balaban J connectivity index is 2.45. The zero-order valence-corrected chi connectivity index (χ0v) is 97.5. The van der Waals surface area contributed by atoms with Crippen LogP contribution in [0.15, 0.2) is 48.5 Å². The third kappa shape index (κ3) is 54.8. The molecule has 8 bridgehead atoms. The van der Waals surface area contributed by atoms with Crippen molar-refractivity contribution in [3.8, 4) is 46.0 Å². The maximum atomic E-state index is 14.8. The van der Waals surface area contributed by atoms with Crippen LogP contribution < -0.4 is 37.9 Å². The van der Waals surface area contributed by atoms with E-state index in [0.717, 1.165) is 180 Å². The zero-order chi connectivity index (χ0) is 110. The Morgan fingerprint density at radius 3 is 0.365 bits per heavy atom. The van der Waals surface area contributed by atoms with Gasteiger partial charge in [-0.3, -0.25) is 0 Å². The molecular weight excluding hydrogens is 1870 g/mol. The number of rotatable bonds is 68. The van der Waals surface area contributed by atoms with Gasteiger partial charge in [-0.1, -0.05) is 285 Å². The van der Waals surface area contributed by atoms with E-state index in [4.69, 9.17) is 75.8 Å². The number of hydrogen-bond donors (Lipinski definition) is 0. The van der Waals surface area contributed by atoms with Gasteiger partial charge < -0.3 is 75.8 Å². The molecule has 0 amide bonds. The molecule has 0 aromatic heterocycles. The Morgan fingerprint density at radius 1 is 0.162 bits per heavy atom. The number of esters is 8. The maximum Gasteiger partial charge on any atom is 0.344 e. The van der Waals surface area contributed by atoms with Gasteiger partial charge in [0.1, 0.15) is 90.8 Å². The molecule has 0 N–H and O–H groups in total. The summed E-state index contributed by atoms with van der Waals surface area (Å²) in [4.78, 5) is 119. The Kier molecular flexibility index (Phi) is 57.3. The highest BCUT2D eigenvalue weighted by atomic mass is 16.6. The molecule has 5 rings (SSSR count). The minimum absolute atomic E-state index is 0.158. The van der Waals surface area contributed by atoms with E-state index < -0.39 is 169 Å². The lowest BCUT2D eigenvalue weighted by molar-refractivity contribution is -0.158. The summed E-state index contributed by atoms with van der Waals surface area (Å²) in [5, 5.41) is 0. The summed E-state index contributed by atoms with van der Waals surface area (Å²) in [6, 6.07) is 15.2. The van der Waals surface area contributed by atoms with Gasteiger partial charge in [-0.25, -0.2) is 38.4 Å². The van der Waals surface area contributed by atoms with Gasteiger partial charge in [0.2, 0.25) is 0 Å². The van der Waals surface area contributed by atoms with Crippen molar-refractivity contribution in [2.24, 2.45) is 0 Å². The minimum atomic E-state index is -0.967. The van der Waals surface area contributed by atoms with Crippen LogP contribution in [0, 0.1) is 0 Å². The van der Waals surface area contributed by atoms with Crippen LogP contribution in [0.1, 0.15) is 545 Å². The molecule has 0 atom stereocenters. The van der Waals surface area contributed by atoms with E-state index in [2.05, 4.69) is 27.7 Å². The largest absolute Gasteiger partial charge is 0.481 e. The molecule has 24 heteroatoms. The first-order valence-electron chi connectivity index (χ1n) is 57.1. The van der Waals surface area contributed by atoms with Crippen molar-refractivity contribution in [2.45, 2.75) is 545 Å². The van der Waals surface area contributed by atoms with Crippen molar-refractivity contribution in [1.82, 2.24) is 0 Å². The van der Waals surface area contributed by atoms with Crippen LogP contribution in [0.4, 0.5) is 0 Å². The molecular formula is C124H200O24. The minimum Gasteiger partial charge on any atom is -0.481 e. The molecule has 24 nitrogen and oxygen atoms in total. The third-order valence-corrected chi connectivity index (χ3v) is 25.1. The molecule has 0 radical (unpaired) electrons. The summed E-state index contributed by atoms with van der Waals surface area (Å²) in [5.74, 6) is -7.75. The summed E-state index contributed by atoms with van der Waals surface area (Å²) < 4.78 is 107. The predicted molar refractivity (Wildman–Crippen MR) is 590 cm³/mol. The number of hydrogen-bond acceptors (Lipinski definition) is 24. The number of ether oxygens (including phenoxy) is 16. The first kappa shape index (κ1) is 129. The second kappa shape index (κ2) is 65.4. The van der Waals surface area contributed by atoms with Gasteiger partial charge in [-0.05, 0) is 216 Å². The van der Waals surface area contributed by atoms with Gasteiger partial charge in [0.25, 0.3) is 0 Å². The van der Waals surface area contributed by atoms with Gasteiger partial charge in [0.05, 0.1) is 0 Å². The van der Waals surface area contributed by atoms with E-state index in [1.165, 1.54) is 51.4 Å². The number of unbranched alkanes of at least 4 members (excludes halogenated alkanes) is 36. The fourth-order valence-corrected chi connectivity index (χ4v) is 18.9. The molecule has 0 fully saturated rings. The normalized spacial score (nSPS) is 14.6. The van der Waals surface area contributed by atoms with Gasteiger partial charge >= 0.3 is 47.8 Å². The highest BCUT2D eigenvalue weighted by Crippen LogP contribution is 2.55. The molecule has 0 saturated carbocycles. The molecule has 4 aromatic carbocycles. The number of benzene rings is 4. The monoisotopic (exact) mass is 2070 g/mol. The second-order valence-corrected chi connectivity index (χ2v) is 48.8. The Hall–Kier alpha value is -8.96. The zero-order valence-electron chi connectivity index (χ0n) is 97.5. The standard InChI is InChI=1S/C124H200O24/c1-29-33-37-41-45-49-53-57-61-65-69-89-93-73-95(103(135-83-111(127)143-119(11,12)13)77-101(93)133-81-109(125)141-117(5,6)7)90(70-66-62-58-54-50-46-42-38-34-30-2)97-75-99(107(139-87-115(131)147-123(23,24)25)79-105(97)137-85-113(129)145-121(17,18)19)92(72-68-64-60-56-52-48-44-40-36-32-4)100-76-98(106(138-86-114(130)146-122(20,21)22)80-108(100)140-88-116(132)148-124(26,27)28)91(71-67-63-59-55-51-47-43-39-35-31-3)96-74-94(89)102(134-82-110(126)142-118(8,9)10)78-104(96)136-84-112(128)144-120(14,15)16/h73-80,89-92H,29-72,81-88H2,1-28H3. The Bertz CT molecular complexity index is 3800. The Morgan fingerprint density at radius 2 is 0.264 bits per heavy atom.